The van der Waals surface area contributed by atoms with Gasteiger partial charge in [0.1, 0.15) is 5.82 Å². The zero-order valence-corrected chi connectivity index (χ0v) is 14.0. The topological polar surface area (TPSA) is 47.6 Å². The minimum atomic E-state index is -0.791. The van der Waals surface area contributed by atoms with Crippen LogP contribution in [0.15, 0.2) is 18.2 Å². The van der Waals surface area contributed by atoms with Gasteiger partial charge in [0, 0.05) is 11.4 Å². The zero-order valence-electron chi connectivity index (χ0n) is 14.0. The van der Waals surface area contributed by atoms with Gasteiger partial charge in [0.15, 0.2) is 0 Å². The van der Waals surface area contributed by atoms with Crippen LogP contribution in [0.4, 0.5) is 10.1 Å². The summed E-state index contributed by atoms with van der Waals surface area (Å²) < 4.78 is 26.4. The van der Waals surface area contributed by atoms with Gasteiger partial charge in [-0.1, -0.05) is 26.0 Å². The average Bonchev–Trinajstić information content (AvgIpc) is 2.60. The Bertz CT molecular complexity index is 571. The van der Waals surface area contributed by atoms with Gasteiger partial charge >= 0.3 is 7.12 Å². The molecule has 0 spiro atoms. The first kappa shape index (κ1) is 17.0. The lowest BCUT2D eigenvalue weighted by molar-refractivity contribution is -0.118. The Morgan fingerprint density at radius 3 is 2.23 bits per heavy atom. The number of hydrogen-bond acceptors (Lipinski definition) is 3. The van der Waals surface area contributed by atoms with Crippen molar-refractivity contribution in [1.82, 2.24) is 0 Å². The summed E-state index contributed by atoms with van der Waals surface area (Å²) in [7, 11) is -0.791. The molecule has 0 radical (unpaired) electrons. The van der Waals surface area contributed by atoms with Crippen LogP contribution in [0.2, 0.25) is 0 Å². The van der Waals surface area contributed by atoms with E-state index in [1.54, 1.807) is 26.0 Å². The largest absolute Gasteiger partial charge is 0.497 e. The molecule has 0 aromatic heterocycles. The van der Waals surface area contributed by atoms with Gasteiger partial charge in [-0.25, -0.2) is 4.39 Å². The van der Waals surface area contributed by atoms with Crippen molar-refractivity contribution < 1.29 is 18.5 Å². The summed E-state index contributed by atoms with van der Waals surface area (Å²) >= 11 is 0. The molecule has 1 heterocycles. The van der Waals surface area contributed by atoms with Crippen molar-refractivity contribution in [1.29, 1.82) is 0 Å². The predicted molar refractivity (Wildman–Crippen MR) is 85.6 cm³/mol. The third kappa shape index (κ3) is 3.03. The predicted octanol–water partition coefficient (Wildman–Crippen LogP) is 2.72. The van der Waals surface area contributed by atoms with Gasteiger partial charge in [-0.05, 0) is 33.8 Å². The number of carbonyl (C=O) groups excluding carboxylic acids is 1. The number of nitrogens with one attached hydrogen (secondary N) is 1. The summed E-state index contributed by atoms with van der Waals surface area (Å²) in [6.07, 6.45) is 0. The lowest BCUT2D eigenvalue weighted by Crippen LogP contribution is -2.41. The molecule has 0 unspecified atom stereocenters. The molecule has 1 N–H and O–H groups in total. The highest BCUT2D eigenvalue weighted by molar-refractivity contribution is 6.62. The molecule has 2 rings (SSSR count). The Hall–Kier alpha value is -1.40. The van der Waals surface area contributed by atoms with E-state index < -0.39 is 24.1 Å². The quantitative estimate of drug-likeness (QED) is 0.874. The molecular formula is C16H23BFNO3. The summed E-state index contributed by atoms with van der Waals surface area (Å²) in [4.78, 5) is 11.8. The molecule has 0 bridgehead atoms. The third-order valence-corrected chi connectivity index (χ3v) is 4.32. The van der Waals surface area contributed by atoms with Crippen LogP contribution in [-0.4, -0.2) is 24.2 Å². The van der Waals surface area contributed by atoms with Gasteiger partial charge in [-0.3, -0.25) is 4.79 Å². The minimum absolute atomic E-state index is 0.144. The Morgan fingerprint density at radius 1 is 1.18 bits per heavy atom. The normalized spacial score (nSPS) is 19.5. The van der Waals surface area contributed by atoms with E-state index >= 15 is 0 Å². The molecule has 6 heteroatoms. The van der Waals surface area contributed by atoms with Crippen LogP contribution in [0.1, 0.15) is 41.5 Å². The molecule has 1 amide bonds. The standard InChI is InChI=1S/C16H23BFNO3/c1-10(2)14(20)19-12-9-7-8-11(13(12)18)17-21-15(3,4)16(5,6)22-17/h7-10H,1-6H3,(H,19,20). The zero-order chi connectivity index (χ0) is 16.7. The molecule has 0 aliphatic carbocycles. The van der Waals surface area contributed by atoms with Crippen LogP contribution >= 0.6 is 0 Å². The summed E-state index contributed by atoms with van der Waals surface area (Å²) in [5, 5.41) is 2.59. The van der Waals surface area contributed by atoms with Crippen molar-refractivity contribution in [3.8, 4) is 0 Å². The van der Waals surface area contributed by atoms with Crippen LogP contribution in [-0.2, 0) is 14.1 Å². The number of benzene rings is 1. The number of carbonyl (C=O) groups is 1. The van der Waals surface area contributed by atoms with Crippen LogP contribution in [0.5, 0.6) is 0 Å². The number of hydrogen-bond donors (Lipinski definition) is 1. The smallest absolute Gasteiger partial charge is 0.399 e. The number of amides is 1. The lowest BCUT2D eigenvalue weighted by atomic mass is 9.78. The summed E-state index contributed by atoms with van der Waals surface area (Å²) in [6.45, 7) is 11.2. The first-order valence-electron chi connectivity index (χ1n) is 7.50. The van der Waals surface area contributed by atoms with Crippen LogP contribution < -0.4 is 10.8 Å². The lowest BCUT2D eigenvalue weighted by Gasteiger charge is -2.32. The highest BCUT2D eigenvalue weighted by atomic mass is 19.1. The molecule has 4 nitrogen and oxygen atoms in total. The third-order valence-electron chi connectivity index (χ3n) is 4.32. The van der Waals surface area contributed by atoms with Crippen LogP contribution in [0.3, 0.4) is 0 Å². The van der Waals surface area contributed by atoms with Gasteiger partial charge in [0.25, 0.3) is 0 Å². The monoisotopic (exact) mass is 307 g/mol. The highest BCUT2D eigenvalue weighted by Gasteiger charge is 2.52. The van der Waals surface area contributed by atoms with Crippen molar-refractivity contribution in [3.63, 3.8) is 0 Å². The van der Waals surface area contributed by atoms with E-state index in [4.69, 9.17) is 9.31 Å². The summed E-state index contributed by atoms with van der Waals surface area (Å²) in [6, 6.07) is 4.83. The van der Waals surface area contributed by atoms with Crippen molar-refractivity contribution in [2.24, 2.45) is 5.92 Å². The van der Waals surface area contributed by atoms with E-state index in [-0.39, 0.29) is 17.5 Å². The molecule has 1 aromatic rings. The van der Waals surface area contributed by atoms with Crippen LogP contribution in [0.25, 0.3) is 0 Å². The molecule has 1 aliphatic heterocycles. The molecule has 1 aromatic carbocycles. The van der Waals surface area contributed by atoms with E-state index in [0.29, 0.717) is 5.46 Å². The summed E-state index contributed by atoms with van der Waals surface area (Å²) in [5.74, 6) is -0.972. The molecule has 0 atom stereocenters. The Kier molecular flexibility index (Phi) is 4.37. The number of halogens is 1. The molecule has 120 valence electrons. The van der Waals surface area contributed by atoms with E-state index in [1.807, 2.05) is 27.7 Å². The van der Waals surface area contributed by atoms with Crippen LogP contribution in [0, 0.1) is 11.7 Å². The maximum atomic E-state index is 14.7. The Labute approximate surface area is 131 Å². The van der Waals surface area contributed by atoms with Gasteiger partial charge in [-0.15, -0.1) is 0 Å². The van der Waals surface area contributed by atoms with E-state index in [2.05, 4.69) is 5.32 Å². The molecule has 0 saturated carbocycles. The second-order valence-electron chi connectivity index (χ2n) is 6.94. The fourth-order valence-electron chi connectivity index (χ4n) is 2.08. The second-order valence-corrected chi connectivity index (χ2v) is 6.94. The SMILES string of the molecule is CC(C)C(=O)Nc1cccc(B2OC(C)(C)C(C)(C)O2)c1F. The molecular weight excluding hydrogens is 284 g/mol. The minimum Gasteiger partial charge on any atom is -0.399 e. The van der Waals surface area contributed by atoms with Crippen molar-refractivity contribution in [2.75, 3.05) is 5.32 Å². The van der Waals surface area contributed by atoms with E-state index in [0.717, 1.165) is 0 Å². The first-order valence-corrected chi connectivity index (χ1v) is 7.50. The maximum absolute atomic E-state index is 14.7. The van der Waals surface area contributed by atoms with Gasteiger partial charge in [0.05, 0.1) is 16.9 Å². The fraction of sp³-hybridized carbons (Fsp3) is 0.562. The van der Waals surface area contributed by atoms with Gasteiger partial charge in [0.2, 0.25) is 5.91 Å². The van der Waals surface area contributed by atoms with E-state index in [1.165, 1.54) is 6.07 Å². The second kappa shape index (κ2) is 5.67. The average molecular weight is 307 g/mol. The van der Waals surface area contributed by atoms with Crippen molar-refractivity contribution >= 4 is 24.2 Å². The molecule has 1 saturated heterocycles. The van der Waals surface area contributed by atoms with Crippen molar-refractivity contribution in [2.45, 2.75) is 52.7 Å². The number of rotatable bonds is 3. The van der Waals surface area contributed by atoms with Gasteiger partial charge < -0.3 is 14.6 Å². The van der Waals surface area contributed by atoms with Gasteiger partial charge in [-0.2, -0.15) is 0 Å². The number of anilines is 1. The van der Waals surface area contributed by atoms with Crippen molar-refractivity contribution in [3.05, 3.63) is 24.0 Å². The highest BCUT2D eigenvalue weighted by Crippen LogP contribution is 2.36. The Balaban J connectivity index is 2.29. The molecule has 1 fully saturated rings. The molecule has 1 aliphatic rings. The van der Waals surface area contributed by atoms with E-state index in [9.17, 15) is 9.18 Å². The molecule has 22 heavy (non-hydrogen) atoms. The summed E-state index contributed by atoms with van der Waals surface area (Å²) in [5.41, 5.74) is -0.645. The Morgan fingerprint density at radius 2 is 1.73 bits per heavy atom. The maximum Gasteiger partial charge on any atom is 0.497 e. The first-order chi connectivity index (χ1) is 10.0. The fourth-order valence-corrected chi connectivity index (χ4v) is 2.08.